The van der Waals surface area contributed by atoms with Crippen molar-refractivity contribution in [2.24, 2.45) is 11.7 Å². The Morgan fingerprint density at radius 1 is 1.21 bits per heavy atom. The maximum Gasteiger partial charge on any atom is 0.225 e. The summed E-state index contributed by atoms with van der Waals surface area (Å²) in [6.45, 7) is 2.37. The number of carbonyl (C=O) groups excluding carboxylic acids is 1. The zero-order chi connectivity index (χ0) is 20.9. The van der Waals surface area contributed by atoms with Gasteiger partial charge in [0.25, 0.3) is 0 Å². The molecule has 1 aromatic heterocycles. The number of carbonyl (C=O) groups is 1. The number of nitrogens with zero attached hydrogens (tertiary/aromatic N) is 1. The molecule has 0 spiro atoms. The second-order valence-corrected chi connectivity index (χ2v) is 7.62. The molecule has 7 heteroatoms. The standard InChI is InChI=1S/C22H29N3O4/c1-22(23)12-5-4-7-16(22)21(26)25-14-15-10-11-19(24-13-15)29-20-17(27-2)8-6-9-18(20)28-3/h6,8-11,13,16H,4-5,7,12,14,23H2,1-3H3,(H,25,26). The van der Waals surface area contributed by atoms with Gasteiger partial charge in [0.1, 0.15) is 0 Å². The van der Waals surface area contributed by atoms with Gasteiger partial charge < -0.3 is 25.3 Å². The van der Waals surface area contributed by atoms with Gasteiger partial charge in [-0.2, -0.15) is 0 Å². The fourth-order valence-electron chi connectivity index (χ4n) is 3.70. The Bertz CT molecular complexity index is 814. The highest BCUT2D eigenvalue weighted by Gasteiger charge is 2.37. The Labute approximate surface area is 171 Å². The van der Waals surface area contributed by atoms with Crippen LogP contribution in [0.2, 0.25) is 0 Å². The Hall–Kier alpha value is -2.80. The van der Waals surface area contributed by atoms with E-state index >= 15 is 0 Å². The predicted octanol–water partition coefficient (Wildman–Crippen LogP) is 3.41. The molecule has 2 atom stereocenters. The highest BCUT2D eigenvalue weighted by atomic mass is 16.5. The summed E-state index contributed by atoms with van der Waals surface area (Å²) >= 11 is 0. The topological polar surface area (TPSA) is 95.7 Å². The van der Waals surface area contributed by atoms with Crippen LogP contribution in [0.4, 0.5) is 0 Å². The van der Waals surface area contributed by atoms with Gasteiger partial charge in [-0.15, -0.1) is 0 Å². The monoisotopic (exact) mass is 399 g/mol. The van der Waals surface area contributed by atoms with Gasteiger partial charge in [-0.25, -0.2) is 4.98 Å². The molecule has 0 radical (unpaired) electrons. The summed E-state index contributed by atoms with van der Waals surface area (Å²) in [7, 11) is 3.14. The molecule has 7 nitrogen and oxygen atoms in total. The Balaban J connectivity index is 1.62. The molecule has 3 N–H and O–H groups in total. The number of nitrogens with two attached hydrogens (primary N) is 1. The largest absolute Gasteiger partial charge is 0.493 e. The van der Waals surface area contributed by atoms with Crippen LogP contribution in [-0.2, 0) is 11.3 Å². The lowest BCUT2D eigenvalue weighted by atomic mass is 9.74. The minimum absolute atomic E-state index is 0.00813. The van der Waals surface area contributed by atoms with Crippen LogP contribution >= 0.6 is 0 Å². The second kappa shape index (κ2) is 9.13. The lowest BCUT2D eigenvalue weighted by molar-refractivity contribution is -0.128. The first-order valence-corrected chi connectivity index (χ1v) is 9.85. The molecule has 1 aliphatic rings. The van der Waals surface area contributed by atoms with Gasteiger partial charge in [0, 0.05) is 24.3 Å². The number of amides is 1. The molecule has 1 heterocycles. The molecule has 156 valence electrons. The van der Waals surface area contributed by atoms with Gasteiger partial charge in [-0.3, -0.25) is 4.79 Å². The molecule has 1 aliphatic carbocycles. The van der Waals surface area contributed by atoms with E-state index in [4.69, 9.17) is 19.9 Å². The van der Waals surface area contributed by atoms with Gasteiger partial charge in [0.15, 0.2) is 11.5 Å². The van der Waals surface area contributed by atoms with Crippen molar-refractivity contribution < 1.29 is 19.0 Å². The lowest BCUT2D eigenvalue weighted by Crippen LogP contribution is -2.52. The SMILES string of the molecule is COc1cccc(OC)c1Oc1ccc(CNC(=O)C2CCCCC2(C)N)cn1. The van der Waals surface area contributed by atoms with Gasteiger partial charge in [-0.05, 0) is 37.5 Å². The predicted molar refractivity (Wildman–Crippen MR) is 110 cm³/mol. The van der Waals surface area contributed by atoms with Crippen molar-refractivity contribution in [3.63, 3.8) is 0 Å². The third kappa shape index (κ3) is 4.98. The van der Waals surface area contributed by atoms with Crippen molar-refractivity contribution in [1.82, 2.24) is 10.3 Å². The van der Waals surface area contributed by atoms with Gasteiger partial charge in [-0.1, -0.05) is 25.0 Å². The molecule has 2 aromatic rings. The van der Waals surface area contributed by atoms with E-state index in [9.17, 15) is 4.79 Å². The minimum atomic E-state index is -0.438. The third-order valence-electron chi connectivity index (χ3n) is 5.42. The van der Waals surface area contributed by atoms with Crippen LogP contribution in [0.3, 0.4) is 0 Å². The molecular weight excluding hydrogens is 370 g/mol. The number of aromatic nitrogens is 1. The zero-order valence-corrected chi connectivity index (χ0v) is 17.2. The number of hydrogen-bond acceptors (Lipinski definition) is 6. The molecule has 1 amide bonds. The number of pyridine rings is 1. The average Bonchev–Trinajstić information content (AvgIpc) is 2.72. The van der Waals surface area contributed by atoms with E-state index in [-0.39, 0.29) is 11.8 Å². The second-order valence-electron chi connectivity index (χ2n) is 7.62. The molecule has 29 heavy (non-hydrogen) atoms. The van der Waals surface area contributed by atoms with Crippen LogP contribution in [0.15, 0.2) is 36.5 Å². The van der Waals surface area contributed by atoms with E-state index < -0.39 is 5.54 Å². The smallest absolute Gasteiger partial charge is 0.225 e. The number of methoxy groups -OCH3 is 2. The molecule has 1 aromatic carbocycles. The van der Waals surface area contributed by atoms with E-state index in [1.165, 1.54) is 0 Å². The maximum atomic E-state index is 12.6. The van der Waals surface area contributed by atoms with E-state index in [1.807, 2.05) is 19.1 Å². The molecule has 0 saturated heterocycles. The van der Waals surface area contributed by atoms with Gasteiger partial charge in [0.05, 0.1) is 20.1 Å². The highest BCUT2D eigenvalue weighted by molar-refractivity contribution is 5.80. The maximum absolute atomic E-state index is 12.6. The summed E-state index contributed by atoms with van der Waals surface area (Å²) in [5.74, 6) is 1.84. The molecular formula is C22H29N3O4. The highest BCUT2D eigenvalue weighted by Crippen LogP contribution is 2.39. The molecule has 1 saturated carbocycles. The number of benzene rings is 1. The summed E-state index contributed by atoms with van der Waals surface area (Å²) in [6.07, 6.45) is 5.53. The number of nitrogens with one attached hydrogen (secondary N) is 1. The normalized spacial score (nSPS) is 21.3. The van der Waals surface area contributed by atoms with E-state index in [2.05, 4.69) is 10.3 Å². The fraction of sp³-hybridized carbons (Fsp3) is 0.455. The molecule has 2 unspecified atom stereocenters. The van der Waals surface area contributed by atoms with E-state index in [1.54, 1.807) is 38.6 Å². The molecule has 1 fully saturated rings. The third-order valence-corrected chi connectivity index (χ3v) is 5.42. The number of rotatable bonds is 7. The van der Waals surface area contributed by atoms with Crippen molar-refractivity contribution in [3.05, 3.63) is 42.1 Å². The van der Waals surface area contributed by atoms with Crippen molar-refractivity contribution in [2.75, 3.05) is 14.2 Å². The van der Waals surface area contributed by atoms with Crippen LogP contribution in [0, 0.1) is 5.92 Å². The van der Waals surface area contributed by atoms with Crippen molar-refractivity contribution in [2.45, 2.75) is 44.7 Å². The summed E-state index contributed by atoms with van der Waals surface area (Å²) in [4.78, 5) is 16.9. The van der Waals surface area contributed by atoms with Gasteiger partial charge in [0.2, 0.25) is 17.5 Å². The number of ether oxygens (including phenoxy) is 3. The Morgan fingerprint density at radius 2 is 1.93 bits per heavy atom. The minimum Gasteiger partial charge on any atom is -0.493 e. The van der Waals surface area contributed by atoms with E-state index in [0.29, 0.717) is 29.7 Å². The summed E-state index contributed by atoms with van der Waals surface area (Å²) in [5, 5.41) is 2.99. The molecule has 0 aliphatic heterocycles. The van der Waals surface area contributed by atoms with Crippen LogP contribution in [0.1, 0.15) is 38.2 Å². The van der Waals surface area contributed by atoms with Crippen molar-refractivity contribution in [3.8, 4) is 23.1 Å². The Kier molecular flexibility index (Phi) is 6.59. The summed E-state index contributed by atoms with van der Waals surface area (Å²) in [6, 6.07) is 9.02. The van der Waals surface area contributed by atoms with Crippen LogP contribution in [-0.4, -0.2) is 30.6 Å². The van der Waals surface area contributed by atoms with Gasteiger partial charge >= 0.3 is 0 Å². The lowest BCUT2D eigenvalue weighted by Gasteiger charge is -2.37. The zero-order valence-electron chi connectivity index (χ0n) is 17.2. The Morgan fingerprint density at radius 3 is 2.52 bits per heavy atom. The summed E-state index contributed by atoms with van der Waals surface area (Å²) < 4.78 is 16.5. The number of para-hydroxylation sites is 1. The van der Waals surface area contributed by atoms with Crippen LogP contribution in [0.25, 0.3) is 0 Å². The van der Waals surface area contributed by atoms with Crippen LogP contribution < -0.4 is 25.3 Å². The first-order valence-electron chi connectivity index (χ1n) is 9.85. The van der Waals surface area contributed by atoms with Crippen LogP contribution in [0.5, 0.6) is 23.1 Å². The fourth-order valence-corrected chi connectivity index (χ4v) is 3.70. The number of hydrogen-bond donors (Lipinski definition) is 2. The quantitative estimate of drug-likeness (QED) is 0.741. The van der Waals surface area contributed by atoms with Crippen molar-refractivity contribution in [1.29, 1.82) is 0 Å². The average molecular weight is 399 g/mol. The molecule has 0 bridgehead atoms. The first-order chi connectivity index (χ1) is 13.9. The van der Waals surface area contributed by atoms with E-state index in [0.717, 1.165) is 31.2 Å². The summed E-state index contributed by atoms with van der Waals surface area (Å²) in [5.41, 5.74) is 6.77. The molecule has 3 rings (SSSR count). The first kappa shape index (κ1) is 20.9. The van der Waals surface area contributed by atoms with Crippen molar-refractivity contribution >= 4 is 5.91 Å².